The maximum Gasteiger partial charge on any atom is 0.126 e. The van der Waals surface area contributed by atoms with E-state index in [1.807, 2.05) is 6.07 Å². The number of aliphatic hydroxyl groups is 1. The molecule has 0 spiro atoms. The van der Waals surface area contributed by atoms with Gasteiger partial charge < -0.3 is 10.4 Å². The molecular formula is C16H15FN2O. The van der Waals surface area contributed by atoms with Crippen molar-refractivity contribution in [2.75, 3.05) is 11.9 Å². The first-order valence-electron chi connectivity index (χ1n) is 6.28. The monoisotopic (exact) mass is 270 g/mol. The van der Waals surface area contributed by atoms with Crippen molar-refractivity contribution in [3.63, 3.8) is 0 Å². The minimum Gasteiger partial charge on any atom is -0.387 e. The average molecular weight is 270 g/mol. The van der Waals surface area contributed by atoms with E-state index in [0.29, 0.717) is 23.2 Å². The Bertz CT molecular complexity index is 649. The summed E-state index contributed by atoms with van der Waals surface area (Å²) in [6, 6.07) is 13.6. The number of aliphatic hydroxyl groups excluding tert-OH is 1. The topological polar surface area (TPSA) is 56.0 Å². The summed E-state index contributed by atoms with van der Waals surface area (Å²) in [4.78, 5) is 0. The molecule has 3 nitrogen and oxygen atoms in total. The number of rotatable bonds is 4. The van der Waals surface area contributed by atoms with Gasteiger partial charge in [0.1, 0.15) is 5.82 Å². The number of nitriles is 1. The Morgan fingerprint density at radius 2 is 2.10 bits per heavy atom. The molecule has 0 heterocycles. The van der Waals surface area contributed by atoms with Gasteiger partial charge in [-0.15, -0.1) is 0 Å². The molecule has 0 amide bonds. The van der Waals surface area contributed by atoms with Gasteiger partial charge in [-0.2, -0.15) is 5.26 Å². The minimum atomic E-state index is -0.736. The van der Waals surface area contributed by atoms with Crippen LogP contribution in [0.2, 0.25) is 0 Å². The van der Waals surface area contributed by atoms with Crippen molar-refractivity contribution in [1.82, 2.24) is 0 Å². The largest absolute Gasteiger partial charge is 0.387 e. The number of nitrogens with one attached hydrogen (secondary N) is 1. The van der Waals surface area contributed by atoms with Crippen molar-refractivity contribution < 1.29 is 9.50 Å². The van der Waals surface area contributed by atoms with Crippen molar-refractivity contribution in [2.24, 2.45) is 0 Å². The second-order valence-corrected chi connectivity index (χ2v) is 4.60. The van der Waals surface area contributed by atoms with Crippen molar-refractivity contribution in [3.05, 3.63) is 65.0 Å². The Labute approximate surface area is 117 Å². The van der Waals surface area contributed by atoms with E-state index in [-0.39, 0.29) is 5.82 Å². The summed E-state index contributed by atoms with van der Waals surface area (Å²) in [5, 5.41) is 21.9. The van der Waals surface area contributed by atoms with E-state index in [1.54, 1.807) is 37.3 Å². The van der Waals surface area contributed by atoms with Gasteiger partial charge in [-0.25, -0.2) is 4.39 Å². The molecule has 2 rings (SSSR count). The Morgan fingerprint density at radius 3 is 2.80 bits per heavy atom. The Hall–Kier alpha value is -2.38. The van der Waals surface area contributed by atoms with Crippen molar-refractivity contribution in [3.8, 4) is 6.07 Å². The molecule has 0 saturated heterocycles. The number of hydrogen-bond donors (Lipinski definition) is 2. The van der Waals surface area contributed by atoms with Gasteiger partial charge >= 0.3 is 0 Å². The van der Waals surface area contributed by atoms with Gasteiger partial charge in [0.25, 0.3) is 0 Å². The highest BCUT2D eigenvalue weighted by Gasteiger charge is 2.09. The van der Waals surface area contributed by atoms with E-state index in [9.17, 15) is 9.50 Å². The van der Waals surface area contributed by atoms with E-state index < -0.39 is 6.10 Å². The zero-order chi connectivity index (χ0) is 14.5. The lowest BCUT2D eigenvalue weighted by Gasteiger charge is -2.14. The van der Waals surface area contributed by atoms with E-state index in [2.05, 4.69) is 11.4 Å². The highest BCUT2D eigenvalue weighted by Crippen LogP contribution is 2.18. The number of halogens is 1. The number of aryl methyl sites for hydroxylation is 1. The highest BCUT2D eigenvalue weighted by atomic mass is 19.1. The zero-order valence-corrected chi connectivity index (χ0v) is 11.1. The maximum absolute atomic E-state index is 13.2. The summed E-state index contributed by atoms with van der Waals surface area (Å²) < 4.78 is 13.2. The van der Waals surface area contributed by atoms with Gasteiger partial charge in [0, 0.05) is 12.2 Å². The molecule has 2 N–H and O–H groups in total. The first kappa shape index (κ1) is 14.0. The van der Waals surface area contributed by atoms with Crippen LogP contribution >= 0.6 is 0 Å². The van der Waals surface area contributed by atoms with Crippen LogP contribution in [-0.2, 0) is 0 Å². The average Bonchev–Trinajstić information content (AvgIpc) is 2.47. The van der Waals surface area contributed by atoms with E-state index in [4.69, 9.17) is 5.26 Å². The van der Waals surface area contributed by atoms with Crippen LogP contribution in [0.5, 0.6) is 0 Å². The second kappa shape index (κ2) is 6.18. The molecule has 2 aromatic rings. The van der Waals surface area contributed by atoms with Crippen LogP contribution in [0.4, 0.5) is 10.1 Å². The third kappa shape index (κ3) is 3.34. The van der Waals surface area contributed by atoms with Gasteiger partial charge in [0.05, 0.1) is 17.7 Å². The fraction of sp³-hybridized carbons (Fsp3) is 0.188. The molecule has 0 aliphatic carbocycles. The lowest BCUT2D eigenvalue weighted by atomic mass is 10.1. The summed E-state index contributed by atoms with van der Waals surface area (Å²) in [5.74, 6) is -0.282. The van der Waals surface area contributed by atoms with Gasteiger partial charge in [-0.05, 0) is 42.3 Å². The van der Waals surface area contributed by atoms with Crippen molar-refractivity contribution >= 4 is 5.69 Å². The van der Waals surface area contributed by atoms with Crippen LogP contribution in [0.15, 0.2) is 42.5 Å². The van der Waals surface area contributed by atoms with E-state index in [1.165, 1.54) is 6.07 Å². The SMILES string of the molecule is Cc1cc(C(O)CNc2cccc(C#N)c2)ccc1F. The molecule has 1 unspecified atom stereocenters. The number of anilines is 1. The molecule has 0 bridgehead atoms. The summed E-state index contributed by atoms with van der Waals surface area (Å²) in [7, 11) is 0. The zero-order valence-electron chi connectivity index (χ0n) is 11.1. The molecule has 4 heteroatoms. The fourth-order valence-electron chi connectivity index (χ4n) is 1.91. The predicted molar refractivity (Wildman–Crippen MR) is 75.7 cm³/mol. The summed E-state index contributed by atoms with van der Waals surface area (Å²) in [5.41, 5.74) is 2.49. The Morgan fingerprint density at radius 1 is 1.30 bits per heavy atom. The Kier molecular flexibility index (Phi) is 4.34. The molecular weight excluding hydrogens is 255 g/mol. The van der Waals surface area contributed by atoms with Gasteiger partial charge in [0.2, 0.25) is 0 Å². The van der Waals surface area contributed by atoms with Crippen LogP contribution in [0.1, 0.15) is 22.8 Å². The van der Waals surface area contributed by atoms with Crippen molar-refractivity contribution in [2.45, 2.75) is 13.0 Å². The molecule has 0 radical (unpaired) electrons. The number of hydrogen-bond acceptors (Lipinski definition) is 3. The molecule has 0 aliphatic heterocycles. The lowest BCUT2D eigenvalue weighted by Crippen LogP contribution is -2.12. The molecule has 1 atom stereocenters. The first-order valence-corrected chi connectivity index (χ1v) is 6.28. The standard InChI is InChI=1S/C16H15FN2O/c1-11-7-13(5-6-15(11)17)16(20)10-19-14-4-2-3-12(8-14)9-18/h2-8,16,19-20H,10H2,1H3. The van der Waals surface area contributed by atoms with Crippen molar-refractivity contribution in [1.29, 1.82) is 5.26 Å². The van der Waals surface area contributed by atoms with E-state index >= 15 is 0 Å². The normalized spacial score (nSPS) is 11.7. The van der Waals surface area contributed by atoms with Crippen LogP contribution in [0, 0.1) is 24.1 Å². The quantitative estimate of drug-likeness (QED) is 0.897. The second-order valence-electron chi connectivity index (χ2n) is 4.60. The lowest BCUT2D eigenvalue weighted by molar-refractivity contribution is 0.191. The minimum absolute atomic E-state index is 0.282. The van der Waals surface area contributed by atoms with Crippen LogP contribution < -0.4 is 5.32 Å². The summed E-state index contributed by atoms with van der Waals surface area (Å²) >= 11 is 0. The molecule has 0 aliphatic rings. The van der Waals surface area contributed by atoms with Gasteiger partial charge in [0.15, 0.2) is 0 Å². The van der Waals surface area contributed by atoms with Crippen LogP contribution in [0.3, 0.4) is 0 Å². The molecule has 2 aromatic carbocycles. The number of nitrogens with zero attached hydrogens (tertiary/aromatic N) is 1. The number of benzene rings is 2. The molecule has 0 aromatic heterocycles. The Balaban J connectivity index is 2.02. The fourth-order valence-corrected chi connectivity index (χ4v) is 1.91. The maximum atomic E-state index is 13.2. The van der Waals surface area contributed by atoms with Gasteiger partial charge in [-0.1, -0.05) is 18.2 Å². The predicted octanol–water partition coefficient (Wildman–Crippen LogP) is 3.15. The van der Waals surface area contributed by atoms with E-state index in [0.717, 1.165) is 5.69 Å². The molecule has 0 fully saturated rings. The molecule has 20 heavy (non-hydrogen) atoms. The summed E-state index contributed by atoms with van der Waals surface area (Å²) in [6.45, 7) is 1.95. The van der Waals surface area contributed by atoms with Gasteiger partial charge in [-0.3, -0.25) is 0 Å². The van der Waals surface area contributed by atoms with Crippen LogP contribution in [-0.4, -0.2) is 11.7 Å². The third-order valence-corrected chi connectivity index (χ3v) is 3.06. The molecule has 102 valence electrons. The molecule has 0 saturated carbocycles. The highest BCUT2D eigenvalue weighted by molar-refractivity contribution is 5.49. The summed E-state index contributed by atoms with van der Waals surface area (Å²) in [6.07, 6.45) is -0.736. The first-order chi connectivity index (χ1) is 9.60. The van der Waals surface area contributed by atoms with Crippen LogP contribution in [0.25, 0.3) is 0 Å². The third-order valence-electron chi connectivity index (χ3n) is 3.06. The smallest absolute Gasteiger partial charge is 0.126 e.